The Morgan fingerprint density at radius 1 is 1.16 bits per heavy atom. The zero-order valence-electron chi connectivity index (χ0n) is 12.1. The van der Waals surface area contributed by atoms with Crippen molar-refractivity contribution in [3.05, 3.63) is 42.5 Å². The molecule has 2 N–H and O–H groups in total. The number of hydrogen-bond acceptors (Lipinski definition) is 2. The zero-order chi connectivity index (χ0) is 13.9. The van der Waals surface area contributed by atoms with E-state index in [9.17, 15) is 0 Å². The summed E-state index contributed by atoms with van der Waals surface area (Å²) in [5.74, 6) is 0.912. The fourth-order valence-corrected chi connectivity index (χ4v) is 2.16. The average Bonchev–Trinajstić information content (AvgIpc) is 2.45. The van der Waals surface area contributed by atoms with Crippen LogP contribution in [-0.4, -0.2) is 13.2 Å². The van der Waals surface area contributed by atoms with E-state index in [2.05, 4.69) is 18.7 Å². The van der Waals surface area contributed by atoms with Gasteiger partial charge in [0.05, 0.1) is 7.11 Å². The first-order chi connectivity index (χ1) is 9.26. The molecule has 0 heterocycles. The van der Waals surface area contributed by atoms with Gasteiger partial charge in [0.1, 0.15) is 5.75 Å². The van der Waals surface area contributed by atoms with E-state index in [1.54, 1.807) is 7.11 Å². The highest BCUT2D eigenvalue weighted by Crippen LogP contribution is 2.14. The Morgan fingerprint density at radius 2 is 1.89 bits per heavy atom. The van der Waals surface area contributed by atoms with Crippen molar-refractivity contribution in [2.24, 2.45) is 5.73 Å². The molecule has 106 valence electrons. The number of hydrogen-bond donors (Lipinski definition) is 1. The summed E-state index contributed by atoms with van der Waals surface area (Å²) in [6.45, 7) is 3.74. The van der Waals surface area contributed by atoms with Gasteiger partial charge in [-0.3, -0.25) is 0 Å². The molecule has 0 amide bonds. The Hall–Kier alpha value is -1.28. The highest BCUT2D eigenvalue weighted by atomic mass is 16.5. The molecule has 1 aromatic rings. The van der Waals surface area contributed by atoms with Crippen LogP contribution in [0.1, 0.15) is 44.1 Å². The summed E-state index contributed by atoms with van der Waals surface area (Å²) < 4.78 is 5.15. The van der Waals surface area contributed by atoms with Crippen molar-refractivity contribution >= 4 is 0 Å². The molecule has 0 aliphatic rings. The van der Waals surface area contributed by atoms with E-state index in [0.717, 1.165) is 31.4 Å². The van der Waals surface area contributed by atoms with Gasteiger partial charge < -0.3 is 10.5 Å². The van der Waals surface area contributed by atoms with Gasteiger partial charge in [-0.2, -0.15) is 0 Å². The Morgan fingerprint density at radius 3 is 2.53 bits per heavy atom. The molecular formula is C17H27NO. The molecule has 0 aliphatic heterocycles. The van der Waals surface area contributed by atoms with Gasteiger partial charge in [0.2, 0.25) is 0 Å². The van der Waals surface area contributed by atoms with E-state index >= 15 is 0 Å². The Kier molecular flexibility index (Phi) is 7.99. The summed E-state index contributed by atoms with van der Waals surface area (Å²) in [4.78, 5) is 0. The van der Waals surface area contributed by atoms with Crippen LogP contribution in [0.3, 0.4) is 0 Å². The van der Waals surface area contributed by atoms with E-state index in [1.165, 1.54) is 24.8 Å². The summed E-state index contributed by atoms with van der Waals surface area (Å²) in [5.41, 5.74) is 7.48. The lowest BCUT2D eigenvalue weighted by Gasteiger charge is -2.11. The monoisotopic (exact) mass is 261 g/mol. The number of benzene rings is 1. The number of rotatable bonds is 10. The van der Waals surface area contributed by atoms with Crippen LogP contribution in [0.5, 0.6) is 5.75 Å². The lowest BCUT2D eigenvalue weighted by molar-refractivity contribution is 0.414. The molecule has 0 aromatic heterocycles. The third kappa shape index (κ3) is 7.02. The third-order valence-corrected chi connectivity index (χ3v) is 3.45. The van der Waals surface area contributed by atoms with Crippen molar-refractivity contribution in [1.29, 1.82) is 0 Å². The summed E-state index contributed by atoms with van der Waals surface area (Å²) in [5, 5.41) is 0. The van der Waals surface area contributed by atoms with Gasteiger partial charge in [0.25, 0.3) is 0 Å². The smallest absolute Gasteiger partial charge is 0.118 e. The summed E-state index contributed by atoms with van der Waals surface area (Å²) in [6.07, 6.45) is 10.1. The van der Waals surface area contributed by atoms with Gasteiger partial charge in [-0.05, 0) is 49.8 Å². The summed E-state index contributed by atoms with van der Waals surface area (Å²) >= 11 is 0. The van der Waals surface area contributed by atoms with Gasteiger partial charge in [0, 0.05) is 6.04 Å². The molecular weight excluding hydrogens is 234 g/mol. The number of methoxy groups -OCH3 is 1. The predicted molar refractivity (Wildman–Crippen MR) is 82.6 cm³/mol. The fraction of sp³-hybridized carbons (Fsp3) is 0.529. The maximum atomic E-state index is 6.15. The second-order valence-electron chi connectivity index (χ2n) is 5.07. The number of unbranched alkanes of at least 4 members (excludes halogenated alkanes) is 3. The Bertz CT molecular complexity index is 345. The number of nitrogens with two attached hydrogens (primary N) is 1. The molecule has 19 heavy (non-hydrogen) atoms. The number of aryl methyl sites for hydroxylation is 1. The maximum absolute atomic E-state index is 6.15. The largest absolute Gasteiger partial charge is 0.497 e. The van der Waals surface area contributed by atoms with Crippen LogP contribution in [0.4, 0.5) is 0 Å². The minimum absolute atomic E-state index is 0.325. The van der Waals surface area contributed by atoms with Crippen molar-refractivity contribution in [2.45, 2.75) is 51.0 Å². The van der Waals surface area contributed by atoms with Gasteiger partial charge >= 0.3 is 0 Å². The molecule has 2 nitrogen and oxygen atoms in total. The lowest BCUT2D eigenvalue weighted by atomic mass is 10.0. The molecule has 1 rings (SSSR count). The van der Waals surface area contributed by atoms with E-state index in [4.69, 9.17) is 10.5 Å². The Labute approximate surface area is 117 Å². The first-order valence-corrected chi connectivity index (χ1v) is 7.25. The highest BCUT2D eigenvalue weighted by Gasteiger charge is 2.03. The third-order valence-electron chi connectivity index (χ3n) is 3.45. The molecule has 0 saturated carbocycles. The lowest BCUT2D eigenvalue weighted by Crippen LogP contribution is -2.20. The van der Waals surface area contributed by atoms with E-state index < -0.39 is 0 Å². The van der Waals surface area contributed by atoms with E-state index in [-0.39, 0.29) is 0 Å². The second kappa shape index (κ2) is 9.62. The Balaban J connectivity index is 2.14. The van der Waals surface area contributed by atoms with Crippen molar-refractivity contribution in [1.82, 2.24) is 0 Å². The quantitative estimate of drug-likeness (QED) is 0.508. The van der Waals surface area contributed by atoms with Crippen LogP contribution in [0.25, 0.3) is 0 Å². The standard InChI is InChI=1S/C17H27NO/c1-3-4-5-6-7-8-16(18)12-9-15-10-13-17(19-2)14-11-15/h3,10-11,13-14,16H,1,4-9,12,18H2,2H3. The van der Waals surface area contributed by atoms with Crippen molar-refractivity contribution in [2.75, 3.05) is 7.11 Å². The van der Waals surface area contributed by atoms with Crippen molar-refractivity contribution in [3.8, 4) is 5.75 Å². The van der Waals surface area contributed by atoms with Crippen LogP contribution in [-0.2, 0) is 6.42 Å². The summed E-state index contributed by atoms with van der Waals surface area (Å²) in [7, 11) is 1.69. The second-order valence-corrected chi connectivity index (χ2v) is 5.07. The SMILES string of the molecule is C=CCCCCCC(N)CCc1ccc(OC)cc1. The number of ether oxygens (including phenoxy) is 1. The summed E-state index contributed by atoms with van der Waals surface area (Å²) in [6, 6.07) is 8.59. The normalized spacial score (nSPS) is 12.1. The molecule has 0 spiro atoms. The van der Waals surface area contributed by atoms with E-state index in [1.807, 2.05) is 18.2 Å². The fourth-order valence-electron chi connectivity index (χ4n) is 2.16. The first-order valence-electron chi connectivity index (χ1n) is 7.25. The molecule has 0 fully saturated rings. The van der Waals surface area contributed by atoms with Crippen LogP contribution < -0.4 is 10.5 Å². The maximum Gasteiger partial charge on any atom is 0.118 e. The molecule has 2 heteroatoms. The topological polar surface area (TPSA) is 35.2 Å². The number of allylic oxidation sites excluding steroid dienone is 1. The molecule has 0 aliphatic carbocycles. The average molecular weight is 261 g/mol. The van der Waals surface area contributed by atoms with Gasteiger partial charge in [-0.15, -0.1) is 6.58 Å². The van der Waals surface area contributed by atoms with Crippen LogP contribution in [0.2, 0.25) is 0 Å². The minimum Gasteiger partial charge on any atom is -0.497 e. The van der Waals surface area contributed by atoms with Crippen LogP contribution in [0, 0.1) is 0 Å². The first kappa shape index (κ1) is 15.8. The predicted octanol–water partition coefficient (Wildman–Crippen LogP) is 4.09. The zero-order valence-corrected chi connectivity index (χ0v) is 12.1. The highest BCUT2D eigenvalue weighted by molar-refractivity contribution is 5.27. The molecule has 0 radical (unpaired) electrons. The molecule has 1 unspecified atom stereocenters. The molecule has 0 bridgehead atoms. The van der Waals surface area contributed by atoms with E-state index in [0.29, 0.717) is 6.04 Å². The van der Waals surface area contributed by atoms with Gasteiger partial charge in [-0.25, -0.2) is 0 Å². The minimum atomic E-state index is 0.325. The van der Waals surface area contributed by atoms with Gasteiger partial charge in [0.15, 0.2) is 0 Å². The van der Waals surface area contributed by atoms with Crippen molar-refractivity contribution < 1.29 is 4.74 Å². The van der Waals surface area contributed by atoms with Crippen molar-refractivity contribution in [3.63, 3.8) is 0 Å². The van der Waals surface area contributed by atoms with Gasteiger partial charge in [-0.1, -0.05) is 31.1 Å². The van der Waals surface area contributed by atoms with Crippen LogP contribution in [0.15, 0.2) is 36.9 Å². The molecule has 1 atom stereocenters. The molecule has 0 saturated heterocycles. The van der Waals surface area contributed by atoms with Crippen LogP contribution >= 0.6 is 0 Å². The molecule has 1 aromatic carbocycles.